The van der Waals surface area contributed by atoms with Crippen LogP contribution in [-0.4, -0.2) is 32.2 Å². The van der Waals surface area contributed by atoms with Crippen LogP contribution in [0.25, 0.3) is 0 Å². The molecule has 1 saturated heterocycles. The molecule has 0 amide bonds. The maximum Gasteiger partial charge on any atom is 0.166 e. The van der Waals surface area contributed by atoms with Gasteiger partial charge in [0, 0.05) is 19.6 Å². The summed E-state index contributed by atoms with van der Waals surface area (Å²) in [6, 6.07) is 0. The number of carbonyl (C=O) groups excluding carboxylic acids is 1. The van der Waals surface area contributed by atoms with Crippen LogP contribution in [0.1, 0.15) is 13.3 Å². The maximum absolute atomic E-state index is 11.4. The lowest BCUT2D eigenvalue weighted by molar-refractivity contribution is -0.131. The number of hydrogen-bond acceptors (Lipinski definition) is 3. The predicted molar refractivity (Wildman–Crippen MR) is 40.4 cm³/mol. The highest BCUT2D eigenvalue weighted by Gasteiger charge is 2.27. The van der Waals surface area contributed by atoms with Gasteiger partial charge in [-0.2, -0.15) is 0 Å². The minimum atomic E-state index is -0.276. The van der Waals surface area contributed by atoms with Gasteiger partial charge in [-0.3, -0.25) is 4.79 Å². The second kappa shape index (κ2) is 3.83. The molecule has 1 aliphatic heterocycles. The molecule has 0 aliphatic carbocycles. The highest BCUT2D eigenvalue weighted by molar-refractivity contribution is 5.85. The van der Waals surface area contributed by atoms with Crippen LogP contribution in [0.5, 0.6) is 0 Å². The highest BCUT2D eigenvalue weighted by atomic mass is 16.5. The SMILES string of the molecule is COC(C)C(=O)C1CCOC1. The summed E-state index contributed by atoms with van der Waals surface area (Å²) in [4.78, 5) is 11.4. The number of ketones is 1. The van der Waals surface area contributed by atoms with Crippen LogP contribution in [0.4, 0.5) is 0 Å². The van der Waals surface area contributed by atoms with E-state index >= 15 is 0 Å². The number of ether oxygens (including phenoxy) is 2. The number of Topliss-reactive ketones (excluding diaryl/α,β-unsaturated/α-hetero) is 1. The number of rotatable bonds is 3. The Balaban J connectivity index is 2.39. The molecule has 0 spiro atoms. The van der Waals surface area contributed by atoms with E-state index in [4.69, 9.17) is 9.47 Å². The molecule has 1 rings (SSSR count). The lowest BCUT2D eigenvalue weighted by Gasteiger charge is -2.11. The Morgan fingerprint density at radius 2 is 2.45 bits per heavy atom. The van der Waals surface area contributed by atoms with Crippen LogP contribution in [0.15, 0.2) is 0 Å². The molecule has 3 nitrogen and oxygen atoms in total. The quantitative estimate of drug-likeness (QED) is 0.604. The van der Waals surface area contributed by atoms with Crippen molar-refractivity contribution in [1.29, 1.82) is 0 Å². The maximum atomic E-state index is 11.4. The molecule has 2 unspecified atom stereocenters. The van der Waals surface area contributed by atoms with Gasteiger partial charge in [0.25, 0.3) is 0 Å². The molecule has 1 aliphatic rings. The van der Waals surface area contributed by atoms with Gasteiger partial charge in [0.2, 0.25) is 0 Å². The molecule has 3 heteroatoms. The molecule has 2 atom stereocenters. The molecule has 0 N–H and O–H groups in total. The first kappa shape index (κ1) is 8.68. The largest absolute Gasteiger partial charge is 0.381 e. The summed E-state index contributed by atoms with van der Waals surface area (Å²) in [6.45, 7) is 3.07. The van der Waals surface area contributed by atoms with Crippen molar-refractivity contribution in [2.45, 2.75) is 19.4 Å². The molecule has 0 bridgehead atoms. The molecule has 1 heterocycles. The van der Waals surface area contributed by atoms with Crippen molar-refractivity contribution in [3.8, 4) is 0 Å². The lowest BCUT2D eigenvalue weighted by Crippen LogP contribution is -2.27. The number of carbonyl (C=O) groups is 1. The minimum Gasteiger partial charge on any atom is -0.381 e. The van der Waals surface area contributed by atoms with Crippen molar-refractivity contribution in [2.75, 3.05) is 20.3 Å². The van der Waals surface area contributed by atoms with Gasteiger partial charge in [0.1, 0.15) is 6.10 Å². The van der Waals surface area contributed by atoms with E-state index in [0.717, 1.165) is 6.42 Å². The molecule has 11 heavy (non-hydrogen) atoms. The Kier molecular flexibility index (Phi) is 3.02. The van der Waals surface area contributed by atoms with Crippen molar-refractivity contribution in [2.24, 2.45) is 5.92 Å². The Labute approximate surface area is 66.7 Å². The van der Waals surface area contributed by atoms with Gasteiger partial charge in [-0.05, 0) is 13.3 Å². The summed E-state index contributed by atoms with van der Waals surface area (Å²) in [5.41, 5.74) is 0. The van der Waals surface area contributed by atoms with E-state index in [9.17, 15) is 4.79 Å². The molecule has 64 valence electrons. The van der Waals surface area contributed by atoms with Crippen LogP contribution >= 0.6 is 0 Å². The van der Waals surface area contributed by atoms with Gasteiger partial charge in [-0.25, -0.2) is 0 Å². The molecular weight excluding hydrogens is 144 g/mol. The van der Waals surface area contributed by atoms with Gasteiger partial charge in [0.15, 0.2) is 5.78 Å². The van der Waals surface area contributed by atoms with Gasteiger partial charge in [-0.15, -0.1) is 0 Å². The second-order valence-electron chi connectivity index (χ2n) is 2.84. The Hall–Kier alpha value is -0.410. The zero-order valence-corrected chi connectivity index (χ0v) is 7.00. The van der Waals surface area contributed by atoms with Crippen molar-refractivity contribution in [3.63, 3.8) is 0 Å². The lowest BCUT2D eigenvalue weighted by atomic mass is 10.0. The first-order valence-corrected chi connectivity index (χ1v) is 3.90. The van der Waals surface area contributed by atoms with Crippen molar-refractivity contribution in [3.05, 3.63) is 0 Å². The van der Waals surface area contributed by atoms with Crippen LogP contribution in [0.3, 0.4) is 0 Å². The summed E-state index contributed by atoms with van der Waals surface area (Å²) < 4.78 is 10.0. The molecule has 0 saturated carbocycles. The average molecular weight is 158 g/mol. The fourth-order valence-corrected chi connectivity index (χ4v) is 1.21. The van der Waals surface area contributed by atoms with Gasteiger partial charge in [-0.1, -0.05) is 0 Å². The van der Waals surface area contributed by atoms with Crippen LogP contribution in [0.2, 0.25) is 0 Å². The minimum absolute atomic E-state index is 0.0740. The van der Waals surface area contributed by atoms with Crippen LogP contribution in [0, 0.1) is 5.92 Å². The Morgan fingerprint density at radius 1 is 1.73 bits per heavy atom. The van der Waals surface area contributed by atoms with E-state index < -0.39 is 0 Å². The fourth-order valence-electron chi connectivity index (χ4n) is 1.21. The van der Waals surface area contributed by atoms with E-state index in [1.54, 1.807) is 14.0 Å². The molecule has 0 aromatic carbocycles. The highest BCUT2D eigenvalue weighted by Crippen LogP contribution is 2.15. The van der Waals surface area contributed by atoms with Gasteiger partial charge >= 0.3 is 0 Å². The molecule has 0 aromatic heterocycles. The van der Waals surface area contributed by atoms with Gasteiger partial charge < -0.3 is 9.47 Å². The zero-order chi connectivity index (χ0) is 8.27. The third kappa shape index (κ3) is 2.01. The first-order chi connectivity index (χ1) is 5.25. The average Bonchev–Trinajstić information content (AvgIpc) is 2.53. The second-order valence-corrected chi connectivity index (χ2v) is 2.84. The molecule has 0 aromatic rings. The Morgan fingerprint density at radius 3 is 2.91 bits per heavy atom. The first-order valence-electron chi connectivity index (χ1n) is 3.90. The Bertz CT molecular complexity index is 138. The molecular formula is C8H14O3. The van der Waals surface area contributed by atoms with Crippen LogP contribution < -0.4 is 0 Å². The smallest absolute Gasteiger partial charge is 0.166 e. The summed E-state index contributed by atoms with van der Waals surface area (Å²) >= 11 is 0. The monoisotopic (exact) mass is 158 g/mol. The van der Waals surface area contributed by atoms with Crippen LogP contribution in [-0.2, 0) is 14.3 Å². The van der Waals surface area contributed by atoms with Crippen molar-refractivity contribution in [1.82, 2.24) is 0 Å². The molecule has 0 radical (unpaired) electrons. The number of hydrogen-bond donors (Lipinski definition) is 0. The number of methoxy groups -OCH3 is 1. The zero-order valence-electron chi connectivity index (χ0n) is 7.00. The topological polar surface area (TPSA) is 35.5 Å². The van der Waals surface area contributed by atoms with Crippen molar-refractivity contribution >= 4 is 5.78 Å². The third-order valence-corrected chi connectivity index (χ3v) is 2.09. The fraction of sp³-hybridized carbons (Fsp3) is 0.875. The summed E-state index contributed by atoms with van der Waals surface area (Å²) in [5.74, 6) is 0.245. The standard InChI is InChI=1S/C8H14O3/c1-6(10-2)8(9)7-3-4-11-5-7/h6-7H,3-5H2,1-2H3. The third-order valence-electron chi connectivity index (χ3n) is 2.09. The van der Waals surface area contributed by atoms with Gasteiger partial charge in [0.05, 0.1) is 6.61 Å². The van der Waals surface area contributed by atoms with E-state index in [1.807, 2.05) is 0 Å². The van der Waals surface area contributed by atoms with Crippen molar-refractivity contribution < 1.29 is 14.3 Å². The summed E-state index contributed by atoms with van der Waals surface area (Å²) in [7, 11) is 1.55. The normalized spacial score (nSPS) is 26.9. The van der Waals surface area contributed by atoms with E-state index in [1.165, 1.54) is 0 Å². The van der Waals surface area contributed by atoms with E-state index in [2.05, 4.69) is 0 Å². The van der Waals surface area contributed by atoms with E-state index in [0.29, 0.717) is 13.2 Å². The summed E-state index contributed by atoms with van der Waals surface area (Å²) in [6.07, 6.45) is 0.577. The summed E-state index contributed by atoms with van der Waals surface area (Å²) in [5, 5.41) is 0. The predicted octanol–water partition coefficient (Wildman–Crippen LogP) is 0.627. The molecule has 1 fully saturated rings. The van der Waals surface area contributed by atoms with E-state index in [-0.39, 0.29) is 17.8 Å².